The van der Waals surface area contributed by atoms with Gasteiger partial charge in [-0.15, -0.1) is 10.2 Å². The van der Waals surface area contributed by atoms with E-state index in [0.717, 1.165) is 29.6 Å². The van der Waals surface area contributed by atoms with Crippen molar-refractivity contribution in [3.63, 3.8) is 0 Å². The molecule has 0 aliphatic carbocycles. The molecule has 134 valence electrons. The molecule has 3 unspecified atom stereocenters. The van der Waals surface area contributed by atoms with Crippen LogP contribution in [0.4, 0.5) is 0 Å². The topological polar surface area (TPSA) is 51.0 Å². The maximum atomic E-state index is 12.8. The SMILES string of the molecule is CC1CC(C)CN(C(=O)C(C)Sc2nnc(-c3ccccc3)n2C)C1. The van der Waals surface area contributed by atoms with Crippen LogP contribution in [0.3, 0.4) is 0 Å². The molecule has 0 saturated carbocycles. The summed E-state index contributed by atoms with van der Waals surface area (Å²) in [7, 11) is 1.95. The third-order valence-corrected chi connectivity index (χ3v) is 5.80. The number of amides is 1. The summed E-state index contributed by atoms with van der Waals surface area (Å²) in [5.41, 5.74) is 1.03. The summed E-state index contributed by atoms with van der Waals surface area (Å²) in [6.45, 7) is 8.14. The van der Waals surface area contributed by atoms with E-state index in [1.807, 2.05) is 53.8 Å². The first kappa shape index (κ1) is 18.0. The number of rotatable bonds is 4. The van der Waals surface area contributed by atoms with E-state index in [1.54, 1.807) is 0 Å². The first-order valence-electron chi connectivity index (χ1n) is 8.86. The van der Waals surface area contributed by atoms with Gasteiger partial charge in [-0.25, -0.2) is 0 Å². The molecule has 1 aliphatic rings. The van der Waals surface area contributed by atoms with E-state index in [4.69, 9.17) is 0 Å². The number of thioether (sulfide) groups is 1. The van der Waals surface area contributed by atoms with Crippen molar-refractivity contribution in [1.29, 1.82) is 0 Å². The molecule has 6 heteroatoms. The van der Waals surface area contributed by atoms with Crippen LogP contribution in [0, 0.1) is 11.8 Å². The van der Waals surface area contributed by atoms with E-state index >= 15 is 0 Å². The average molecular weight is 359 g/mol. The summed E-state index contributed by atoms with van der Waals surface area (Å²) >= 11 is 1.49. The van der Waals surface area contributed by atoms with Gasteiger partial charge in [0.05, 0.1) is 5.25 Å². The Morgan fingerprint density at radius 3 is 2.44 bits per heavy atom. The molecule has 3 rings (SSSR count). The number of benzene rings is 1. The minimum Gasteiger partial charge on any atom is -0.341 e. The molecule has 1 aromatic heterocycles. The van der Waals surface area contributed by atoms with E-state index < -0.39 is 0 Å². The Morgan fingerprint density at radius 1 is 1.16 bits per heavy atom. The third-order valence-electron chi connectivity index (χ3n) is 4.68. The van der Waals surface area contributed by atoms with Crippen LogP contribution in [0.2, 0.25) is 0 Å². The zero-order chi connectivity index (χ0) is 18.0. The smallest absolute Gasteiger partial charge is 0.235 e. The van der Waals surface area contributed by atoms with Gasteiger partial charge in [0.15, 0.2) is 11.0 Å². The predicted octanol–water partition coefficient (Wildman–Crippen LogP) is 3.47. The number of carbonyl (C=O) groups excluding carboxylic acids is 1. The van der Waals surface area contributed by atoms with Crippen molar-refractivity contribution in [2.24, 2.45) is 18.9 Å². The summed E-state index contributed by atoms with van der Waals surface area (Å²) in [4.78, 5) is 14.8. The van der Waals surface area contributed by atoms with Gasteiger partial charge < -0.3 is 9.47 Å². The minimum absolute atomic E-state index is 0.163. The van der Waals surface area contributed by atoms with E-state index in [1.165, 1.54) is 18.2 Å². The number of hydrogen-bond donors (Lipinski definition) is 0. The van der Waals surface area contributed by atoms with E-state index in [9.17, 15) is 4.79 Å². The van der Waals surface area contributed by atoms with Crippen LogP contribution in [0.15, 0.2) is 35.5 Å². The van der Waals surface area contributed by atoms with Gasteiger partial charge in [-0.1, -0.05) is 55.9 Å². The number of likely N-dealkylation sites (tertiary alicyclic amines) is 1. The molecule has 1 aliphatic heterocycles. The fraction of sp³-hybridized carbons (Fsp3) is 0.526. The van der Waals surface area contributed by atoms with Gasteiger partial charge in [0.1, 0.15) is 0 Å². The normalized spacial score (nSPS) is 22.0. The predicted molar refractivity (Wildman–Crippen MR) is 101 cm³/mol. The summed E-state index contributed by atoms with van der Waals surface area (Å²) < 4.78 is 1.96. The lowest BCUT2D eigenvalue weighted by molar-refractivity contribution is -0.132. The van der Waals surface area contributed by atoms with Crippen LogP contribution in [-0.2, 0) is 11.8 Å². The van der Waals surface area contributed by atoms with Crippen molar-refractivity contribution in [2.75, 3.05) is 13.1 Å². The highest BCUT2D eigenvalue weighted by Crippen LogP contribution is 2.28. The van der Waals surface area contributed by atoms with Crippen LogP contribution in [-0.4, -0.2) is 43.9 Å². The largest absolute Gasteiger partial charge is 0.341 e. The summed E-state index contributed by atoms with van der Waals surface area (Å²) in [6.07, 6.45) is 1.20. The second kappa shape index (κ2) is 7.60. The highest BCUT2D eigenvalue weighted by atomic mass is 32.2. The van der Waals surface area contributed by atoms with Gasteiger partial charge in [-0.3, -0.25) is 4.79 Å². The maximum absolute atomic E-state index is 12.8. The maximum Gasteiger partial charge on any atom is 0.235 e. The summed E-state index contributed by atoms with van der Waals surface area (Å²) in [5.74, 6) is 2.17. The van der Waals surface area contributed by atoms with Crippen molar-refractivity contribution in [3.8, 4) is 11.4 Å². The number of aromatic nitrogens is 3. The average Bonchev–Trinajstić information content (AvgIpc) is 2.94. The molecular formula is C19H26N4OS. The van der Waals surface area contributed by atoms with Gasteiger partial charge in [0, 0.05) is 25.7 Å². The molecule has 3 atom stereocenters. The number of nitrogens with zero attached hydrogens (tertiary/aromatic N) is 4. The van der Waals surface area contributed by atoms with E-state index in [-0.39, 0.29) is 11.2 Å². The molecular weight excluding hydrogens is 332 g/mol. The van der Waals surface area contributed by atoms with Crippen LogP contribution in [0.5, 0.6) is 0 Å². The molecule has 1 aromatic carbocycles. The van der Waals surface area contributed by atoms with Gasteiger partial charge in [-0.05, 0) is 25.2 Å². The number of carbonyl (C=O) groups is 1. The Morgan fingerprint density at radius 2 is 1.80 bits per heavy atom. The van der Waals surface area contributed by atoms with Gasteiger partial charge >= 0.3 is 0 Å². The highest BCUT2D eigenvalue weighted by molar-refractivity contribution is 8.00. The van der Waals surface area contributed by atoms with Crippen molar-refractivity contribution < 1.29 is 4.79 Å². The van der Waals surface area contributed by atoms with Crippen LogP contribution < -0.4 is 0 Å². The fourth-order valence-corrected chi connectivity index (χ4v) is 4.46. The second-order valence-corrected chi connectivity index (χ2v) is 8.49. The molecule has 0 spiro atoms. The monoisotopic (exact) mass is 358 g/mol. The van der Waals surface area contributed by atoms with Crippen LogP contribution in [0.1, 0.15) is 27.2 Å². The van der Waals surface area contributed by atoms with Gasteiger partial charge in [0.2, 0.25) is 5.91 Å². The number of piperidine rings is 1. The standard InChI is InChI=1S/C19H26N4OS/c1-13-10-14(2)12-23(11-13)18(24)15(3)25-19-21-20-17(22(19)4)16-8-6-5-7-9-16/h5-9,13-15H,10-12H2,1-4H3. The molecule has 0 N–H and O–H groups in total. The van der Waals surface area contributed by atoms with Crippen molar-refractivity contribution in [3.05, 3.63) is 30.3 Å². The van der Waals surface area contributed by atoms with Gasteiger partial charge in [0.25, 0.3) is 0 Å². The zero-order valence-electron chi connectivity index (χ0n) is 15.3. The molecule has 25 heavy (non-hydrogen) atoms. The Hall–Kier alpha value is -1.82. The molecule has 0 radical (unpaired) electrons. The first-order valence-corrected chi connectivity index (χ1v) is 9.74. The van der Waals surface area contributed by atoms with Crippen LogP contribution >= 0.6 is 11.8 Å². The molecule has 0 bridgehead atoms. The van der Waals surface area contributed by atoms with Gasteiger partial charge in [-0.2, -0.15) is 0 Å². The Bertz CT molecular complexity index is 720. The third kappa shape index (κ3) is 4.06. The summed E-state index contributed by atoms with van der Waals surface area (Å²) in [5, 5.41) is 9.21. The molecule has 1 saturated heterocycles. The van der Waals surface area contributed by atoms with Crippen LogP contribution in [0.25, 0.3) is 11.4 Å². The molecule has 2 aromatic rings. The number of hydrogen-bond acceptors (Lipinski definition) is 4. The van der Waals surface area contributed by atoms with Crippen molar-refractivity contribution in [2.45, 2.75) is 37.6 Å². The fourth-order valence-electron chi connectivity index (χ4n) is 3.56. The zero-order valence-corrected chi connectivity index (χ0v) is 16.2. The Balaban J connectivity index is 1.70. The van der Waals surface area contributed by atoms with E-state index in [2.05, 4.69) is 24.0 Å². The molecule has 1 amide bonds. The minimum atomic E-state index is -0.163. The quantitative estimate of drug-likeness (QED) is 0.786. The molecule has 1 fully saturated rings. The Labute approximate surface area is 153 Å². The van der Waals surface area contributed by atoms with E-state index in [0.29, 0.717) is 11.8 Å². The highest BCUT2D eigenvalue weighted by Gasteiger charge is 2.29. The Kier molecular flexibility index (Phi) is 5.47. The second-order valence-electron chi connectivity index (χ2n) is 7.18. The lowest BCUT2D eigenvalue weighted by Crippen LogP contribution is -2.45. The molecule has 2 heterocycles. The first-order chi connectivity index (χ1) is 12.0. The molecule has 5 nitrogen and oxygen atoms in total. The lowest BCUT2D eigenvalue weighted by Gasteiger charge is -2.36. The van der Waals surface area contributed by atoms with Crippen molar-refractivity contribution in [1.82, 2.24) is 19.7 Å². The van der Waals surface area contributed by atoms with Crippen molar-refractivity contribution >= 4 is 17.7 Å². The summed E-state index contributed by atoms with van der Waals surface area (Å²) in [6, 6.07) is 9.99. The lowest BCUT2D eigenvalue weighted by atomic mass is 9.92.